The van der Waals surface area contributed by atoms with Crippen molar-refractivity contribution in [1.29, 1.82) is 0 Å². The molecule has 2 aliphatic heterocycles. The zero-order chi connectivity index (χ0) is 16.4. The average molecular weight is 327 g/mol. The van der Waals surface area contributed by atoms with Crippen molar-refractivity contribution in [3.8, 4) is 0 Å². The Labute approximate surface area is 140 Å². The van der Waals surface area contributed by atoms with Crippen LogP contribution in [0.4, 0.5) is 0 Å². The van der Waals surface area contributed by atoms with Crippen LogP contribution in [0.5, 0.6) is 0 Å². The summed E-state index contributed by atoms with van der Waals surface area (Å²) in [6.07, 6.45) is 5.97. The summed E-state index contributed by atoms with van der Waals surface area (Å²) >= 11 is 0. The molecule has 2 saturated heterocycles. The van der Waals surface area contributed by atoms with Gasteiger partial charge in [0, 0.05) is 57.0 Å². The summed E-state index contributed by atoms with van der Waals surface area (Å²) in [5.74, 6) is 2.31. The van der Waals surface area contributed by atoms with Gasteiger partial charge in [-0.1, -0.05) is 6.07 Å². The highest BCUT2D eigenvalue weighted by molar-refractivity contribution is 5.79. The van der Waals surface area contributed by atoms with Gasteiger partial charge < -0.3 is 9.64 Å². The maximum atomic E-state index is 12.3. The van der Waals surface area contributed by atoms with Crippen LogP contribution in [0, 0.1) is 0 Å². The first-order valence-electron chi connectivity index (χ1n) is 8.46. The molecular weight excluding hydrogens is 306 g/mol. The molecule has 0 spiro atoms. The quantitative estimate of drug-likeness (QED) is 0.922. The highest BCUT2D eigenvalue weighted by Gasteiger charge is 2.33. The summed E-state index contributed by atoms with van der Waals surface area (Å²) in [7, 11) is 0. The zero-order valence-corrected chi connectivity index (χ0v) is 13.5. The first-order chi connectivity index (χ1) is 11.8. The maximum absolute atomic E-state index is 12.3. The average Bonchev–Trinajstić information content (AvgIpc) is 3.24. The van der Waals surface area contributed by atoms with Crippen LogP contribution in [-0.2, 0) is 16.1 Å². The Bertz CT molecular complexity index is 696. The number of aromatic amines is 1. The van der Waals surface area contributed by atoms with Crippen molar-refractivity contribution in [2.24, 2.45) is 0 Å². The van der Waals surface area contributed by atoms with Crippen LogP contribution in [0.2, 0.25) is 0 Å². The molecule has 0 saturated carbocycles. The summed E-state index contributed by atoms with van der Waals surface area (Å²) in [5.41, 5.74) is 1.05. The normalized spacial score (nSPS) is 22.2. The molecule has 2 fully saturated rings. The minimum atomic E-state index is 0.0685. The van der Waals surface area contributed by atoms with E-state index in [4.69, 9.17) is 4.74 Å². The van der Waals surface area contributed by atoms with Crippen LogP contribution in [0.1, 0.15) is 48.3 Å². The van der Waals surface area contributed by atoms with Gasteiger partial charge in [0.15, 0.2) is 5.82 Å². The van der Waals surface area contributed by atoms with Gasteiger partial charge in [-0.3, -0.25) is 14.9 Å². The Morgan fingerprint density at radius 1 is 1.29 bits per heavy atom. The summed E-state index contributed by atoms with van der Waals surface area (Å²) in [5, 5.41) is 7.46. The van der Waals surface area contributed by atoms with E-state index in [9.17, 15) is 4.79 Å². The van der Waals surface area contributed by atoms with E-state index in [1.807, 2.05) is 17.0 Å². The number of amides is 1. The largest absolute Gasteiger partial charge is 0.381 e. The second kappa shape index (κ2) is 6.68. The van der Waals surface area contributed by atoms with E-state index in [-0.39, 0.29) is 11.8 Å². The van der Waals surface area contributed by atoms with Gasteiger partial charge in [-0.05, 0) is 24.5 Å². The van der Waals surface area contributed by atoms with Gasteiger partial charge in [-0.2, -0.15) is 5.10 Å². The number of ether oxygens (including phenoxy) is 1. The fraction of sp³-hybridized carbons (Fsp3) is 0.529. The minimum Gasteiger partial charge on any atom is -0.381 e. The number of aromatic nitrogens is 4. The van der Waals surface area contributed by atoms with E-state index < -0.39 is 0 Å². The molecule has 1 N–H and O–H groups in total. The molecule has 2 aliphatic rings. The van der Waals surface area contributed by atoms with Crippen molar-refractivity contribution in [3.63, 3.8) is 0 Å². The summed E-state index contributed by atoms with van der Waals surface area (Å²) in [4.78, 5) is 22.9. The lowest BCUT2D eigenvalue weighted by Gasteiger charge is -2.19. The smallest absolute Gasteiger partial charge is 0.223 e. The van der Waals surface area contributed by atoms with Gasteiger partial charge in [0.25, 0.3) is 0 Å². The molecular formula is C17H21N5O2. The van der Waals surface area contributed by atoms with Crippen molar-refractivity contribution in [2.75, 3.05) is 19.8 Å². The number of rotatable bonds is 4. The predicted octanol–water partition coefficient (Wildman–Crippen LogP) is 1.61. The second-order valence-corrected chi connectivity index (χ2v) is 6.50. The molecule has 0 aliphatic carbocycles. The van der Waals surface area contributed by atoms with Crippen molar-refractivity contribution in [3.05, 3.63) is 41.7 Å². The molecule has 0 aromatic carbocycles. The van der Waals surface area contributed by atoms with Gasteiger partial charge in [0.1, 0.15) is 5.82 Å². The fourth-order valence-corrected chi connectivity index (χ4v) is 3.43. The summed E-state index contributed by atoms with van der Waals surface area (Å²) < 4.78 is 5.39. The van der Waals surface area contributed by atoms with Gasteiger partial charge in [0.2, 0.25) is 5.91 Å². The number of hydrogen-bond acceptors (Lipinski definition) is 5. The topological polar surface area (TPSA) is 84.0 Å². The third-order valence-electron chi connectivity index (χ3n) is 4.80. The Morgan fingerprint density at radius 3 is 2.96 bits per heavy atom. The van der Waals surface area contributed by atoms with Gasteiger partial charge in [-0.15, -0.1) is 0 Å². The van der Waals surface area contributed by atoms with E-state index >= 15 is 0 Å². The Hall–Kier alpha value is -2.28. The number of pyridine rings is 1. The SMILES string of the molecule is O=C1C[C@H](c2n[nH]c(C3CCOCC3)n2)CN1Cc1cccnc1. The van der Waals surface area contributed by atoms with E-state index in [1.54, 1.807) is 12.4 Å². The highest BCUT2D eigenvalue weighted by Crippen LogP contribution is 2.29. The van der Waals surface area contributed by atoms with E-state index in [1.165, 1.54) is 0 Å². The molecule has 24 heavy (non-hydrogen) atoms. The molecule has 0 unspecified atom stereocenters. The van der Waals surface area contributed by atoms with Crippen molar-refractivity contribution in [1.82, 2.24) is 25.1 Å². The Kier molecular flexibility index (Phi) is 4.25. The van der Waals surface area contributed by atoms with Crippen LogP contribution >= 0.6 is 0 Å². The monoisotopic (exact) mass is 327 g/mol. The number of carbonyl (C=O) groups is 1. The molecule has 7 nitrogen and oxygen atoms in total. The summed E-state index contributed by atoms with van der Waals surface area (Å²) in [6.45, 7) is 2.82. The molecule has 126 valence electrons. The molecule has 4 heterocycles. The van der Waals surface area contributed by atoms with Crippen LogP contribution < -0.4 is 0 Å². The molecule has 0 bridgehead atoms. The first kappa shape index (κ1) is 15.3. The van der Waals surface area contributed by atoms with Gasteiger partial charge in [-0.25, -0.2) is 4.98 Å². The lowest BCUT2D eigenvalue weighted by atomic mass is 10.00. The molecule has 4 rings (SSSR count). The van der Waals surface area contributed by atoms with Crippen molar-refractivity contribution < 1.29 is 9.53 Å². The predicted molar refractivity (Wildman–Crippen MR) is 86.2 cm³/mol. The standard InChI is InChI=1S/C17H21N5O2/c23-15-8-14(11-22(15)10-12-2-1-5-18-9-12)17-19-16(20-21-17)13-3-6-24-7-4-13/h1-2,5,9,13-14H,3-4,6-8,10-11H2,(H,19,20,21)/t14-/m0/s1. The first-order valence-corrected chi connectivity index (χ1v) is 8.46. The van der Waals surface area contributed by atoms with Crippen molar-refractivity contribution in [2.45, 2.75) is 37.6 Å². The minimum absolute atomic E-state index is 0.0685. The molecule has 0 radical (unpaired) electrons. The Balaban J connectivity index is 1.42. The van der Waals surface area contributed by atoms with Crippen LogP contribution in [0.3, 0.4) is 0 Å². The van der Waals surface area contributed by atoms with Crippen molar-refractivity contribution >= 4 is 5.91 Å². The summed E-state index contributed by atoms with van der Waals surface area (Å²) in [6, 6.07) is 3.88. The van der Waals surface area contributed by atoms with Crippen LogP contribution in [0.25, 0.3) is 0 Å². The van der Waals surface area contributed by atoms with Gasteiger partial charge in [0.05, 0.1) is 0 Å². The second-order valence-electron chi connectivity index (χ2n) is 6.50. The maximum Gasteiger partial charge on any atom is 0.223 e. The number of nitrogens with zero attached hydrogens (tertiary/aromatic N) is 4. The molecule has 7 heteroatoms. The van der Waals surface area contributed by atoms with E-state index in [0.717, 1.165) is 43.3 Å². The highest BCUT2D eigenvalue weighted by atomic mass is 16.5. The number of hydrogen-bond donors (Lipinski definition) is 1. The third-order valence-corrected chi connectivity index (χ3v) is 4.80. The third kappa shape index (κ3) is 3.17. The lowest BCUT2D eigenvalue weighted by Crippen LogP contribution is -2.24. The number of nitrogens with one attached hydrogen (secondary N) is 1. The zero-order valence-electron chi connectivity index (χ0n) is 13.5. The molecule has 1 atom stereocenters. The van der Waals surface area contributed by atoms with Gasteiger partial charge >= 0.3 is 0 Å². The number of carbonyl (C=O) groups excluding carboxylic acids is 1. The molecule has 2 aromatic rings. The number of H-pyrrole nitrogens is 1. The lowest BCUT2D eigenvalue weighted by molar-refractivity contribution is -0.128. The fourth-order valence-electron chi connectivity index (χ4n) is 3.43. The van der Waals surface area contributed by atoms with Crippen LogP contribution in [-0.4, -0.2) is 50.7 Å². The molecule has 1 amide bonds. The van der Waals surface area contributed by atoms with Crippen LogP contribution in [0.15, 0.2) is 24.5 Å². The number of likely N-dealkylation sites (tertiary alicyclic amines) is 1. The molecule has 2 aromatic heterocycles. The van der Waals surface area contributed by atoms with E-state index in [2.05, 4.69) is 20.2 Å². The van der Waals surface area contributed by atoms with E-state index in [0.29, 0.717) is 25.4 Å². The Morgan fingerprint density at radius 2 is 2.17 bits per heavy atom.